The topological polar surface area (TPSA) is 77.7 Å². The number of piperidine rings is 1. The second-order valence-corrected chi connectivity index (χ2v) is 7.59. The van der Waals surface area contributed by atoms with Crippen molar-refractivity contribution < 1.29 is 0 Å². The van der Waals surface area contributed by atoms with Gasteiger partial charge >= 0.3 is 0 Å². The van der Waals surface area contributed by atoms with Gasteiger partial charge in [0.2, 0.25) is 0 Å². The molecule has 0 unspecified atom stereocenters. The van der Waals surface area contributed by atoms with Crippen molar-refractivity contribution >= 4 is 34.1 Å². The van der Waals surface area contributed by atoms with Crippen molar-refractivity contribution in [2.45, 2.75) is 32.7 Å². The Morgan fingerprint density at radius 1 is 1.11 bits per heavy atom. The number of benzene rings is 1. The summed E-state index contributed by atoms with van der Waals surface area (Å²) < 4.78 is 0. The smallest absolute Gasteiger partial charge is 0.132 e. The molecule has 4 rings (SSSR count). The SMILES string of the molecule is Cc1cc(N2CCC(Nc3cc(C#N)c4cc(Cl)ccc4n3)CC2)nc(C)n1. The van der Waals surface area contributed by atoms with E-state index in [0.717, 1.165) is 60.0 Å². The van der Waals surface area contributed by atoms with E-state index in [1.807, 2.05) is 32.0 Å². The number of nitrogens with one attached hydrogen (secondary N) is 1. The van der Waals surface area contributed by atoms with Crippen LogP contribution < -0.4 is 10.2 Å². The van der Waals surface area contributed by atoms with Gasteiger partial charge in [-0.1, -0.05) is 11.6 Å². The van der Waals surface area contributed by atoms with E-state index in [9.17, 15) is 5.26 Å². The van der Waals surface area contributed by atoms with E-state index in [1.165, 1.54) is 0 Å². The third kappa shape index (κ3) is 3.85. The van der Waals surface area contributed by atoms with Crippen LogP contribution in [0, 0.1) is 25.2 Å². The first-order valence-corrected chi connectivity index (χ1v) is 9.74. The zero-order valence-electron chi connectivity index (χ0n) is 15.9. The van der Waals surface area contributed by atoms with Gasteiger partial charge < -0.3 is 10.2 Å². The summed E-state index contributed by atoms with van der Waals surface area (Å²) >= 11 is 6.06. The van der Waals surface area contributed by atoms with E-state index in [0.29, 0.717) is 16.6 Å². The molecular formula is C21H21ClN6. The van der Waals surface area contributed by atoms with Crippen LogP contribution in [-0.4, -0.2) is 34.1 Å². The van der Waals surface area contributed by atoms with Crippen LogP contribution in [-0.2, 0) is 0 Å². The molecule has 1 aliphatic heterocycles. The highest BCUT2D eigenvalue weighted by Gasteiger charge is 2.21. The molecular weight excluding hydrogens is 372 g/mol. The molecule has 0 radical (unpaired) electrons. The normalized spacial score (nSPS) is 14.9. The quantitative estimate of drug-likeness (QED) is 0.718. The fraction of sp³-hybridized carbons (Fsp3) is 0.333. The Hall–Kier alpha value is -2.91. The molecule has 0 aliphatic carbocycles. The molecule has 0 saturated carbocycles. The number of anilines is 2. The molecule has 7 heteroatoms. The second-order valence-electron chi connectivity index (χ2n) is 7.15. The number of pyridine rings is 1. The number of nitriles is 1. The number of fused-ring (bicyclic) bond motifs is 1. The largest absolute Gasteiger partial charge is 0.367 e. The molecule has 2 aromatic heterocycles. The molecule has 3 aromatic rings. The summed E-state index contributed by atoms with van der Waals surface area (Å²) in [5, 5.41) is 14.4. The Bertz CT molecular complexity index is 1050. The average molecular weight is 393 g/mol. The lowest BCUT2D eigenvalue weighted by Crippen LogP contribution is -2.39. The minimum absolute atomic E-state index is 0.309. The van der Waals surface area contributed by atoms with E-state index in [4.69, 9.17) is 11.6 Å². The van der Waals surface area contributed by atoms with E-state index in [1.54, 1.807) is 12.1 Å². The molecule has 6 nitrogen and oxygen atoms in total. The summed E-state index contributed by atoms with van der Waals surface area (Å²) in [5.41, 5.74) is 2.35. The third-order valence-corrected chi connectivity index (χ3v) is 5.25. The lowest BCUT2D eigenvalue weighted by atomic mass is 10.0. The summed E-state index contributed by atoms with van der Waals surface area (Å²) in [6, 6.07) is 11.8. The van der Waals surface area contributed by atoms with Gasteiger partial charge in [0, 0.05) is 41.3 Å². The first kappa shape index (κ1) is 18.5. The fourth-order valence-corrected chi connectivity index (χ4v) is 3.86. The van der Waals surface area contributed by atoms with Crippen LogP contribution in [0.2, 0.25) is 5.02 Å². The zero-order valence-corrected chi connectivity index (χ0v) is 16.7. The summed E-state index contributed by atoms with van der Waals surface area (Å²) in [5.74, 6) is 2.54. The molecule has 1 aromatic carbocycles. The average Bonchev–Trinajstić information content (AvgIpc) is 2.67. The number of halogens is 1. The predicted molar refractivity (Wildman–Crippen MR) is 112 cm³/mol. The monoisotopic (exact) mass is 392 g/mol. The van der Waals surface area contributed by atoms with Crippen LogP contribution in [0.3, 0.4) is 0 Å². The molecule has 1 saturated heterocycles. The molecule has 1 fully saturated rings. The Labute approximate surface area is 169 Å². The van der Waals surface area contributed by atoms with Crippen LogP contribution >= 0.6 is 11.6 Å². The Morgan fingerprint density at radius 2 is 1.89 bits per heavy atom. The van der Waals surface area contributed by atoms with Gasteiger partial charge in [-0.2, -0.15) is 5.26 Å². The van der Waals surface area contributed by atoms with Crippen LogP contribution in [0.25, 0.3) is 10.9 Å². The Morgan fingerprint density at radius 3 is 2.61 bits per heavy atom. The predicted octanol–water partition coefficient (Wildman–Crippen LogP) is 4.25. The Kier molecular flexibility index (Phi) is 5.01. The van der Waals surface area contributed by atoms with E-state index in [2.05, 4.69) is 31.2 Å². The third-order valence-electron chi connectivity index (χ3n) is 5.01. The highest BCUT2D eigenvalue weighted by Crippen LogP contribution is 2.26. The maximum absolute atomic E-state index is 9.50. The van der Waals surface area contributed by atoms with Gasteiger partial charge in [-0.25, -0.2) is 15.0 Å². The van der Waals surface area contributed by atoms with Gasteiger partial charge in [-0.15, -0.1) is 0 Å². The van der Waals surface area contributed by atoms with Crippen molar-refractivity contribution in [3.05, 3.63) is 52.4 Å². The van der Waals surface area contributed by atoms with E-state index in [-0.39, 0.29) is 0 Å². The van der Waals surface area contributed by atoms with Gasteiger partial charge in [0.1, 0.15) is 17.5 Å². The summed E-state index contributed by atoms with van der Waals surface area (Å²) in [4.78, 5) is 15.9. The molecule has 28 heavy (non-hydrogen) atoms. The lowest BCUT2D eigenvalue weighted by molar-refractivity contribution is 0.522. The standard InChI is InChI=1S/C21H21ClN6/c1-13-9-21(25-14(2)24-13)28-7-5-17(6-8-28)26-20-10-15(12-23)18-11-16(22)3-4-19(18)27-20/h3-4,9-11,17H,5-8H2,1-2H3,(H,26,27). The van der Waals surface area contributed by atoms with E-state index < -0.39 is 0 Å². The molecule has 0 spiro atoms. The van der Waals surface area contributed by atoms with Crippen molar-refractivity contribution in [1.29, 1.82) is 5.26 Å². The van der Waals surface area contributed by atoms with Crippen molar-refractivity contribution in [2.75, 3.05) is 23.3 Å². The highest BCUT2D eigenvalue weighted by atomic mass is 35.5. The van der Waals surface area contributed by atoms with Gasteiger partial charge in [-0.3, -0.25) is 0 Å². The molecule has 142 valence electrons. The number of aryl methyl sites for hydroxylation is 2. The molecule has 0 atom stereocenters. The molecule has 0 bridgehead atoms. The van der Waals surface area contributed by atoms with Crippen molar-refractivity contribution in [3.63, 3.8) is 0 Å². The first-order chi connectivity index (χ1) is 13.5. The highest BCUT2D eigenvalue weighted by molar-refractivity contribution is 6.31. The zero-order chi connectivity index (χ0) is 19.7. The summed E-state index contributed by atoms with van der Waals surface area (Å²) in [7, 11) is 0. The van der Waals surface area contributed by atoms with Crippen molar-refractivity contribution in [3.8, 4) is 6.07 Å². The lowest BCUT2D eigenvalue weighted by Gasteiger charge is -2.33. The summed E-state index contributed by atoms with van der Waals surface area (Å²) in [6.45, 7) is 5.76. The fourth-order valence-electron chi connectivity index (χ4n) is 3.69. The molecule has 1 N–H and O–H groups in total. The van der Waals surface area contributed by atoms with Gasteiger partial charge in [0.05, 0.1) is 17.1 Å². The minimum Gasteiger partial charge on any atom is -0.367 e. The maximum atomic E-state index is 9.50. The van der Waals surface area contributed by atoms with Crippen LogP contribution in [0.1, 0.15) is 29.9 Å². The van der Waals surface area contributed by atoms with Gasteiger partial charge in [0.15, 0.2) is 0 Å². The Balaban J connectivity index is 1.48. The minimum atomic E-state index is 0.309. The molecule has 3 heterocycles. The van der Waals surface area contributed by atoms with Crippen molar-refractivity contribution in [2.24, 2.45) is 0 Å². The number of rotatable bonds is 3. The maximum Gasteiger partial charge on any atom is 0.132 e. The van der Waals surface area contributed by atoms with Crippen molar-refractivity contribution in [1.82, 2.24) is 15.0 Å². The number of hydrogen-bond acceptors (Lipinski definition) is 6. The van der Waals surface area contributed by atoms with Gasteiger partial charge in [-0.05, 0) is 51.0 Å². The number of aromatic nitrogens is 3. The van der Waals surface area contributed by atoms with Crippen LogP contribution in [0.15, 0.2) is 30.3 Å². The van der Waals surface area contributed by atoms with E-state index >= 15 is 0 Å². The van der Waals surface area contributed by atoms with Crippen LogP contribution in [0.4, 0.5) is 11.6 Å². The van der Waals surface area contributed by atoms with Gasteiger partial charge in [0.25, 0.3) is 0 Å². The first-order valence-electron chi connectivity index (χ1n) is 9.36. The molecule has 0 amide bonds. The second kappa shape index (κ2) is 7.61. The summed E-state index contributed by atoms with van der Waals surface area (Å²) in [6.07, 6.45) is 1.95. The van der Waals surface area contributed by atoms with Crippen LogP contribution in [0.5, 0.6) is 0 Å². The number of nitrogens with zero attached hydrogens (tertiary/aromatic N) is 5. The number of hydrogen-bond donors (Lipinski definition) is 1. The molecule has 1 aliphatic rings.